The van der Waals surface area contributed by atoms with Crippen LogP contribution in [0.2, 0.25) is 0 Å². The number of nitrogens with zero attached hydrogens (tertiary/aromatic N) is 3. The summed E-state index contributed by atoms with van der Waals surface area (Å²) in [5.74, 6) is 0.711. The highest BCUT2D eigenvalue weighted by atomic mass is 16.5. The van der Waals surface area contributed by atoms with Crippen LogP contribution in [-0.4, -0.2) is 48.1 Å². The van der Waals surface area contributed by atoms with E-state index in [1.54, 1.807) is 24.1 Å². The number of amides is 2. The minimum atomic E-state index is -0.188. The van der Waals surface area contributed by atoms with Crippen molar-refractivity contribution in [2.45, 2.75) is 31.7 Å². The number of methoxy groups -OCH3 is 1. The lowest BCUT2D eigenvalue weighted by atomic mass is 9.84. The van der Waals surface area contributed by atoms with Crippen molar-refractivity contribution >= 4 is 17.5 Å². The minimum absolute atomic E-state index is 0.0353. The largest absolute Gasteiger partial charge is 0.497 e. The number of carbonyl (C=O) groups excluding carboxylic acids is 2. The van der Waals surface area contributed by atoms with Crippen LogP contribution < -0.4 is 4.74 Å². The summed E-state index contributed by atoms with van der Waals surface area (Å²) in [5, 5.41) is 6.24. The zero-order valence-electron chi connectivity index (χ0n) is 17.5. The molecule has 0 spiro atoms. The zero-order chi connectivity index (χ0) is 21.1. The van der Waals surface area contributed by atoms with E-state index in [-0.39, 0.29) is 30.3 Å². The van der Waals surface area contributed by atoms with Gasteiger partial charge in [-0.05, 0) is 30.5 Å². The van der Waals surface area contributed by atoms with Gasteiger partial charge in [0.1, 0.15) is 12.3 Å². The number of carbonyl (C=O) groups is 2. The molecule has 0 bridgehead atoms. The van der Waals surface area contributed by atoms with Gasteiger partial charge in [0.2, 0.25) is 5.91 Å². The second-order valence-corrected chi connectivity index (χ2v) is 7.97. The molecule has 1 atom stereocenters. The maximum absolute atomic E-state index is 13.2. The molecule has 2 aliphatic rings. The van der Waals surface area contributed by atoms with Crippen molar-refractivity contribution in [3.63, 3.8) is 0 Å². The van der Waals surface area contributed by atoms with Crippen molar-refractivity contribution in [2.75, 3.05) is 20.7 Å². The van der Waals surface area contributed by atoms with Crippen molar-refractivity contribution in [1.29, 1.82) is 0 Å². The van der Waals surface area contributed by atoms with Gasteiger partial charge >= 0.3 is 0 Å². The molecule has 0 N–H and O–H groups in total. The molecule has 1 saturated carbocycles. The molecule has 2 aromatic rings. The lowest BCUT2D eigenvalue weighted by molar-refractivity contribution is -0.144. The molecule has 6 nitrogen and oxygen atoms in total. The summed E-state index contributed by atoms with van der Waals surface area (Å²) in [6, 6.07) is 17.4. The molecular weight excluding hydrogens is 378 g/mol. The van der Waals surface area contributed by atoms with E-state index in [9.17, 15) is 9.59 Å². The van der Waals surface area contributed by atoms with Gasteiger partial charge in [0, 0.05) is 24.9 Å². The van der Waals surface area contributed by atoms with Crippen LogP contribution in [0.25, 0.3) is 0 Å². The van der Waals surface area contributed by atoms with Gasteiger partial charge in [-0.2, -0.15) is 5.10 Å². The Labute approximate surface area is 177 Å². The van der Waals surface area contributed by atoms with Gasteiger partial charge in [-0.3, -0.25) is 9.59 Å². The Bertz CT molecular complexity index is 953. The Kier molecular flexibility index (Phi) is 5.84. The number of rotatable bonds is 6. The fourth-order valence-corrected chi connectivity index (χ4v) is 3.97. The summed E-state index contributed by atoms with van der Waals surface area (Å²) in [6.45, 7) is 0.0353. The monoisotopic (exact) mass is 405 g/mol. The number of hydrogen-bond acceptors (Lipinski definition) is 4. The SMILES string of the molecule is COc1cccc(C2=NN(C(=O)CN(C)C(=O)C3CCC3)C(c3ccccc3)C2)c1. The van der Waals surface area contributed by atoms with Crippen molar-refractivity contribution in [2.24, 2.45) is 11.0 Å². The molecule has 0 radical (unpaired) electrons. The number of hydrogen-bond donors (Lipinski definition) is 0. The fourth-order valence-electron chi connectivity index (χ4n) is 3.97. The Morgan fingerprint density at radius 2 is 1.90 bits per heavy atom. The molecular formula is C24H27N3O3. The van der Waals surface area contributed by atoms with Crippen LogP contribution in [-0.2, 0) is 9.59 Å². The van der Waals surface area contributed by atoms with E-state index in [1.807, 2.05) is 54.6 Å². The first-order valence-corrected chi connectivity index (χ1v) is 10.4. The Balaban J connectivity index is 1.58. The molecule has 0 aromatic heterocycles. The summed E-state index contributed by atoms with van der Waals surface area (Å²) in [5.41, 5.74) is 2.80. The molecule has 1 unspecified atom stereocenters. The third kappa shape index (κ3) is 4.08. The van der Waals surface area contributed by atoms with Gasteiger partial charge in [-0.15, -0.1) is 0 Å². The minimum Gasteiger partial charge on any atom is -0.497 e. The highest BCUT2D eigenvalue weighted by Gasteiger charge is 2.35. The fraction of sp³-hybridized carbons (Fsp3) is 0.375. The molecule has 1 aliphatic heterocycles. The Morgan fingerprint density at radius 3 is 2.57 bits per heavy atom. The topological polar surface area (TPSA) is 62.2 Å². The quantitative estimate of drug-likeness (QED) is 0.737. The van der Waals surface area contributed by atoms with Crippen molar-refractivity contribution in [3.05, 3.63) is 65.7 Å². The highest BCUT2D eigenvalue weighted by Crippen LogP contribution is 2.34. The van der Waals surface area contributed by atoms with Crippen LogP contribution in [0.5, 0.6) is 5.75 Å². The molecule has 1 fully saturated rings. The van der Waals surface area contributed by atoms with Crippen molar-refractivity contribution in [3.8, 4) is 5.75 Å². The summed E-state index contributed by atoms with van der Waals surface area (Å²) in [4.78, 5) is 27.2. The van der Waals surface area contributed by atoms with E-state index >= 15 is 0 Å². The molecule has 156 valence electrons. The first-order chi connectivity index (χ1) is 14.6. The highest BCUT2D eigenvalue weighted by molar-refractivity contribution is 6.03. The van der Waals surface area contributed by atoms with E-state index in [1.165, 1.54) is 0 Å². The lowest BCUT2D eigenvalue weighted by Crippen LogP contribution is -2.42. The first-order valence-electron chi connectivity index (χ1n) is 10.4. The molecule has 0 saturated heterocycles. The maximum Gasteiger partial charge on any atom is 0.262 e. The average molecular weight is 405 g/mol. The van der Waals surface area contributed by atoms with E-state index in [4.69, 9.17) is 4.74 Å². The van der Waals surface area contributed by atoms with Crippen LogP contribution in [0.3, 0.4) is 0 Å². The Hall–Kier alpha value is -3.15. The molecule has 4 rings (SSSR count). The van der Waals surface area contributed by atoms with Gasteiger partial charge in [0.25, 0.3) is 5.91 Å². The van der Waals surface area contributed by atoms with Crippen molar-refractivity contribution < 1.29 is 14.3 Å². The Morgan fingerprint density at radius 1 is 1.13 bits per heavy atom. The molecule has 2 aromatic carbocycles. The number of ether oxygens (including phenoxy) is 1. The molecule has 1 aliphatic carbocycles. The maximum atomic E-state index is 13.2. The second-order valence-electron chi connectivity index (χ2n) is 7.97. The zero-order valence-corrected chi connectivity index (χ0v) is 17.5. The molecule has 6 heteroatoms. The second kappa shape index (κ2) is 8.69. The van der Waals surface area contributed by atoms with Crippen molar-refractivity contribution in [1.82, 2.24) is 9.91 Å². The summed E-state index contributed by atoms with van der Waals surface area (Å²) in [6.07, 6.45) is 3.55. The van der Waals surface area contributed by atoms with E-state index < -0.39 is 0 Å². The van der Waals surface area contributed by atoms with Crippen LogP contribution in [0.4, 0.5) is 0 Å². The van der Waals surface area contributed by atoms with Crippen LogP contribution >= 0.6 is 0 Å². The smallest absolute Gasteiger partial charge is 0.262 e. The third-order valence-corrected chi connectivity index (χ3v) is 5.96. The van der Waals surface area contributed by atoms with Crippen LogP contribution in [0.15, 0.2) is 59.7 Å². The van der Waals surface area contributed by atoms with E-state index in [2.05, 4.69) is 5.10 Å². The van der Waals surface area contributed by atoms with Crippen LogP contribution in [0.1, 0.15) is 42.9 Å². The number of likely N-dealkylation sites (N-methyl/N-ethyl adjacent to an activating group) is 1. The molecule has 2 amide bonds. The van der Waals surface area contributed by atoms with Gasteiger partial charge in [0.05, 0.1) is 18.9 Å². The van der Waals surface area contributed by atoms with Crippen LogP contribution in [0, 0.1) is 5.92 Å². The number of benzene rings is 2. The summed E-state index contributed by atoms with van der Waals surface area (Å²) >= 11 is 0. The first kappa shape index (κ1) is 20.1. The van der Waals surface area contributed by atoms with Gasteiger partial charge in [-0.1, -0.05) is 48.9 Å². The standard InChI is InChI=1S/C24H27N3O3/c1-26(24(29)18-10-6-11-18)16-23(28)27-22(17-8-4-3-5-9-17)15-21(25-27)19-12-7-13-20(14-19)30-2/h3-5,7-9,12-14,18,22H,6,10-11,15-16H2,1-2H3. The summed E-state index contributed by atoms with van der Waals surface area (Å²) < 4.78 is 5.34. The number of hydrazone groups is 1. The predicted molar refractivity (Wildman–Crippen MR) is 115 cm³/mol. The van der Waals surface area contributed by atoms with Gasteiger partial charge in [0.15, 0.2) is 0 Å². The predicted octanol–water partition coefficient (Wildman–Crippen LogP) is 3.63. The van der Waals surface area contributed by atoms with E-state index in [0.717, 1.165) is 41.9 Å². The molecule has 30 heavy (non-hydrogen) atoms. The normalized spacial score (nSPS) is 18.5. The molecule has 1 heterocycles. The van der Waals surface area contributed by atoms with Gasteiger partial charge in [-0.25, -0.2) is 5.01 Å². The van der Waals surface area contributed by atoms with E-state index in [0.29, 0.717) is 6.42 Å². The average Bonchev–Trinajstić information content (AvgIpc) is 3.19. The summed E-state index contributed by atoms with van der Waals surface area (Å²) in [7, 11) is 3.34. The van der Waals surface area contributed by atoms with Gasteiger partial charge < -0.3 is 9.64 Å². The lowest BCUT2D eigenvalue weighted by Gasteiger charge is -2.30. The third-order valence-electron chi connectivity index (χ3n) is 5.96.